The van der Waals surface area contributed by atoms with Crippen LogP contribution in [-0.4, -0.2) is 12.5 Å². The van der Waals surface area contributed by atoms with Crippen LogP contribution in [0.4, 0.5) is 0 Å². The van der Waals surface area contributed by atoms with E-state index in [4.69, 9.17) is 0 Å². The number of carbonyl (C=O) groups is 1. The van der Waals surface area contributed by atoms with E-state index < -0.39 is 0 Å². The molecule has 2 nitrogen and oxygen atoms in total. The normalized spacial score (nSPS) is 21.8. The van der Waals surface area contributed by atoms with Gasteiger partial charge in [-0.1, -0.05) is 18.7 Å². The Kier molecular flexibility index (Phi) is 3.58. The van der Waals surface area contributed by atoms with Gasteiger partial charge >= 0.3 is 0 Å². The summed E-state index contributed by atoms with van der Waals surface area (Å²) in [5, 5.41) is 2.79. The number of carbonyl (C=O) groups excluding carboxylic acids is 1. The molecule has 1 aliphatic rings. The predicted molar refractivity (Wildman–Crippen MR) is 49.7 cm³/mol. The maximum Gasteiger partial charge on any atom is 0.243 e. The van der Waals surface area contributed by atoms with E-state index in [-0.39, 0.29) is 5.91 Å². The van der Waals surface area contributed by atoms with Crippen molar-refractivity contribution in [2.75, 3.05) is 6.54 Å². The van der Waals surface area contributed by atoms with Crippen molar-refractivity contribution in [3.8, 4) is 0 Å². The molecule has 12 heavy (non-hydrogen) atoms. The molecule has 0 fully saturated rings. The third-order valence-electron chi connectivity index (χ3n) is 2.08. The summed E-state index contributed by atoms with van der Waals surface area (Å²) in [4.78, 5) is 10.8. The van der Waals surface area contributed by atoms with Gasteiger partial charge in [-0.2, -0.15) is 0 Å². The molecule has 0 spiro atoms. The number of amides is 1. The van der Waals surface area contributed by atoms with Gasteiger partial charge in [-0.05, 0) is 31.3 Å². The molecule has 0 aromatic carbocycles. The molecule has 0 aromatic heterocycles. The van der Waals surface area contributed by atoms with E-state index in [2.05, 4.69) is 24.0 Å². The summed E-state index contributed by atoms with van der Waals surface area (Å²) in [6.45, 7) is 4.15. The smallest absolute Gasteiger partial charge is 0.243 e. The molecule has 0 heterocycles. The van der Waals surface area contributed by atoms with Gasteiger partial charge in [0, 0.05) is 6.54 Å². The lowest BCUT2D eigenvalue weighted by molar-refractivity contribution is -0.116. The van der Waals surface area contributed by atoms with E-state index in [1.54, 1.807) is 0 Å². The van der Waals surface area contributed by atoms with Crippen molar-refractivity contribution >= 4 is 5.91 Å². The summed E-state index contributed by atoms with van der Waals surface area (Å²) in [5.41, 5.74) is 0. The molecule has 1 unspecified atom stereocenters. The molecule has 2 heteroatoms. The van der Waals surface area contributed by atoms with Crippen molar-refractivity contribution in [3.05, 3.63) is 24.8 Å². The highest BCUT2D eigenvalue weighted by Crippen LogP contribution is 2.15. The van der Waals surface area contributed by atoms with Crippen LogP contribution in [-0.2, 0) is 4.79 Å². The fourth-order valence-corrected chi connectivity index (χ4v) is 1.36. The molecule has 0 aromatic rings. The lowest BCUT2D eigenvalue weighted by Gasteiger charge is -2.15. The van der Waals surface area contributed by atoms with Crippen LogP contribution >= 0.6 is 0 Å². The van der Waals surface area contributed by atoms with E-state index in [1.807, 2.05) is 0 Å². The lowest BCUT2D eigenvalue weighted by Crippen LogP contribution is -2.27. The Morgan fingerprint density at radius 2 is 2.58 bits per heavy atom. The fraction of sp³-hybridized carbons (Fsp3) is 0.500. The third-order valence-corrected chi connectivity index (χ3v) is 2.08. The van der Waals surface area contributed by atoms with Gasteiger partial charge < -0.3 is 5.32 Å². The second-order valence-electron chi connectivity index (χ2n) is 3.07. The molecular formula is C10H15NO. The molecule has 1 aliphatic carbocycles. The van der Waals surface area contributed by atoms with Gasteiger partial charge in [0.25, 0.3) is 0 Å². The van der Waals surface area contributed by atoms with E-state index in [0.29, 0.717) is 5.92 Å². The zero-order valence-corrected chi connectivity index (χ0v) is 7.25. The van der Waals surface area contributed by atoms with Gasteiger partial charge in [-0.3, -0.25) is 4.79 Å². The molecule has 1 atom stereocenters. The van der Waals surface area contributed by atoms with Gasteiger partial charge in [-0.25, -0.2) is 0 Å². The van der Waals surface area contributed by atoms with E-state index >= 15 is 0 Å². The van der Waals surface area contributed by atoms with Gasteiger partial charge in [-0.15, -0.1) is 0 Å². The van der Waals surface area contributed by atoms with Crippen molar-refractivity contribution in [3.63, 3.8) is 0 Å². The van der Waals surface area contributed by atoms with Crippen molar-refractivity contribution < 1.29 is 4.79 Å². The van der Waals surface area contributed by atoms with Crippen LogP contribution in [0.5, 0.6) is 0 Å². The van der Waals surface area contributed by atoms with Gasteiger partial charge in [0.15, 0.2) is 0 Å². The Balaban J connectivity index is 2.22. The highest BCUT2D eigenvalue weighted by molar-refractivity contribution is 5.86. The Hall–Kier alpha value is -1.05. The zero-order valence-electron chi connectivity index (χ0n) is 7.25. The third kappa shape index (κ3) is 2.91. The summed E-state index contributed by atoms with van der Waals surface area (Å²) in [6, 6.07) is 0. The lowest BCUT2D eigenvalue weighted by atomic mass is 9.96. The van der Waals surface area contributed by atoms with Crippen molar-refractivity contribution in [1.82, 2.24) is 5.32 Å². The first kappa shape index (κ1) is 9.04. The summed E-state index contributed by atoms with van der Waals surface area (Å²) in [7, 11) is 0. The monoisotopic (exact) mass is 165 g/mol. The topological polar surface area (TPSA) is 29.1 Å². The highest BCUT2D eigenvalue weighted by atomic mass is 16.1. The number of hydrogen-bond donors (Lipinski definition) is 1. The molecular weight excluding hydrogens is 150 g/mol. The van der Waals surface area contributed by atoms with Crippen LogP contribution in [0.3, 0.4) is 0 Å². The van der Waals surface area contributed by atoms with E-state index in [0.717, 1.165) is 6.54 Å². The Bertz CT molecular complexity index is 196. The molecule has 1 amide bonds. The average molecular weight is 165 g/mol. The van der Waals surface area contributed by atoms with Gasteiger partial charge in [0.2, 0.25) is 5.91 Å². The van der Waals surface area contributed by atoms with Crippen molar-refractivity contribution in [1.29, 1.82) is 0 Å². The molecule has 1 N–H and O–H groups in total. The highest BCUT2D eigenvalue weighted by Gasteiger charge is 2.08. The molecule has 66 valence electrons. The predicted octanol–water partition coefficient (Wildman–Crippen LogP) is 1.64. The van der Waals surface area contributed by atoms with Crippen molar-refractivity contribution in [2.24, 2.45) is 5.92 Å². The molecule has 0 saturated heterocycles. The SMILES string of the molecule is C=CC(=O)NCC1C=CCCC1. The van der Waals surface area contributed by atoms with Crippen LogP contribution in [0.15, 0.2) is 24.8 Å². The van der Waals surface area contributed by atoms with Crippen molar-refractivity contribution in [2.45, 2.75) is 19.3 Å². The maximum absolute atomic E-state index is 10.8. The molecule has 0 bridgehead atoms. The van der Waals surface area contributed by atoms with Gasteiger partial charge in [0.05, 0.1) is 0 Å². The van der Waals surface area contributed by atoms with E-state index in [1.165, 1.54) is 25.3 Å². The first-order chi connectivity index (χ1) is 5.83. The van der Waals surface area contributed by atoms with Crippen LogP contribution in [0.2, 0.25) is 0 Å². The molecule has 0 radical (unpaired) electrons. The second-order valence-corrected chi connectivity index (χ2v) is 3.07. The zero-order chi connectivity index (χ0) is 8.81. The second kappa shape index (κ2) is 4.75. The van der Waals surface area contributed by atoms with Crippen LogP contribution in [0, 0.1) is 5.92 Å². The number of nitrogens with one attached hydrogen (secondary N) is 1. The minimum Gasteiger partial charge on any atom is -0.352 e. The summed E-state index contributed by atoms with van der Waals surface area (Å²) < 4.78 is 0. The molecule has 0 saturated carbocycles. The summed E-state index contributed by atoms with van der Waals surface area (Å²) in [6.07, 6.45) is 9.30. The molecule has 0 aliphatic heterocycles. The minimum atomic E-state index is -0.0750. The van der Waals surface area contributed by atoms with E-state index in [9.17, 15) is 4.79 Å². The maximum atomic E-state index is 10.8. The fourth-order valence-electron chi connectivity index (χ4n) is 1.36. The standard InChI is InChI=1S/C10H15NO/c1-2-10(12)11-8-9-6-4-3-5-7-9/h2,4,6,9H,1,3,5,7-8H2,(H,11,12). The summed E-state index contributed by atoms with van der Waals surface area (Å²) in [5.74, 6) is 0.455. The largest absolute Gasteiger partial charge is 0.352 e. The molecule has 1 rings (SSSR count). The van der Waals surface area contributed by atoms with Crippen LogP contribution < -0.4 is 5.32 Å². The minimum absolute atomic E-state index is 0.0750. The average Bonchev–Trinajstić information content (AvgIpc) is 2.16. The summed E-state index contributed by atoms with van der Waals surface area (Å²) >= 11 is 0. The Morgan fingerprint density at radius 1 is 1.75 bits per heavy atom. The number of hydrogen-bond acceptors (Lipinski definition) is 1. The first-order valence-electron chi connectivity index (χ1n) is 4.40. The first-order valence-corrected chi connectivity index (χ1v) is 4.40. The number of allylic oxidation sites excluding steroid dienone is 1. The van der Waals surface area contributed by atoms with Gasteiger partial charge in [0.1, 0.15) is 0 Å². The van der Waals surface area contributed by atoms with Crippen LogP contribution in [0.25, 0.3) is 0 Å². The Labute approximate surface area is 73.4 Å². The quantitative estimate of drug-likeness (QED) is 0.500. The Morgan fingerprint density at radius 3 is 3.17 bits per heavy atom. The van der Waals surface area contributed by atoms with Crippen LogP contribution in [0.1, 0.15) is 19.3 Å². The number of rotatable bonds is 3.